The van der Waals surface area contributed by atoms with Gasteiger partial charge in [-0.2, -0.15) is 5.10 Å². The van der Waals surface area contributed by atoms with Crippen molar-refractivity contribution in [3.05, 3.63) is 87.0 Å². The van der Waals surface area contributed by atoms with Crippen LogP contribution in [0.2, 0.25) is 0 Å². The summed E-state index contributed by atoms with van der Waals surface area (Å²) in [6.45, 7) is 6.79. The largest absolute Gasteiger partial charge is 0.465 e. The van der Waals surface area contributed by atoms with E-state index in [2.05, 4.69) is 10.4 Å². The standard InChI is InChI=1S/C28H32FN3O6S/c1-6-39(37,38)16-18-7-12-21(26(34)19-8-10-20(29)11-9-19)23(13-18)25-22(14-24(33)32(5)31-25)17(2)15-28(3,4)30-27(35)36/h7-14,17,30H,6,15-16H2,1-5H3,(H,35,36). The van der Waals surface area contributed by atoms with E-state index in [1.54, 1.807) is 32.9 Å². The highest BCUT2D eigenvalue weighted by atomic mass is 32.2. The Morgan fingerprint density at radius 2 is 1.77 bits per heavy atom. The minimum absolute atomic E-state index is 0.0649. The fourth-order valence-electron chi connectivity index (χ4n) is 4.54. The van der Waals surface area contributed by atoms with E-state index in [9.17, 15) is 32.3 Å². The Hall–Kier alpha value is -3.86. The number of hydrogen-bond acceptors (Lipinski definition) is 6. The SMILES string of the molecule is CCS(=O)(=O)Cc1ccc(C(=O)c2ccc(F)cc2)c(-c2nn(C)c(=O)cc2C(C)CC(C)(C)NC(=O)O)c1. The van der Waals surface area contributed by atoms with Crippen LogP contribution in [0.1, 0.15) is 67.1 Å². The topological polar surface area (TPSA) is 135 Å². The maximum atomic E-state index is 13.6. The maximum absolute atomic E-state index is 13.6. The zero-order valence-corrected chi connectivity index (χ0v) is 23.3. The molecule has 1 heterocycles. The molecule has 0 bridgehead atoms. The Morgan fingerprint density at radius 3 is 2.36 bits per heavy atom. The van der Waals surface area contributed by atoms with Gasteiger partial charge in [0.15, 0.2) is 15.6 Å². The molecule has 1 atom stereocenters. The lowest BCUT2D eigenvalue weighted by Crippen LogP contribution is -2.43. The highest BCUT2D eigenvalue weighted by Crippen LogP contribution is 2.35. The molecular weight excluding hydrogens is 525 g/mol. The minimum Gasteiger partial charge on any atom is -0.465 e. The Bertz CT molecular complexity index is 1560. The first-order valence-corrected chi connectivity index (χ1v) is 14.2. The van der Waals surface area contributed by atoms with Crippen molar-refractivity contribution in [3.8, 4) is 11.3 Å². The van der Waals surface area contributed by atoms with Crippen molar-refractivity contribution in [2.24, 2.45) is 7.05 Å². The van der Waals surface area contributed by atoms with Crippen LogP contribution in [0.4, 0.5) is 9.18 Å². The first-order chi connectivity index (χ1) is 18.1. The number of hydrogen-bond donors (Lipinski definition) is 2. The first-order valence-electron chi connectivity index (χ1n) is 12.4. The number of halogens is 1. The molecule has 3 rings (SSSR count). The van der Waals surface area contributed by atoms with E-state index >= 15 is 0 Å². The van der Waals surface area contributed by atoms with Crippen LogP contribution in [0, 0.1) is 5.82 Å². The molecule has 0 aliphatic carbocycles. The van der Waals surface area contributed by atoms with E-state index in [0.29, 0.717) is 23.1 Å². The molecule has 0 fully saturated rings. The van der Waals surface area contributed by atoms with Gasteiger partial charge >= 0.3 is 6.09 Å². The van der Waals surface area contributed by atoms with Gasteiger partial charge in [-0.05, 0) is 67.6 Å². The molecule has 2 N–H and O–H groups in total. The lowest BCUT2D eigenvalue weighted by molar-refractivity contribution is 0.103. The van der Waals surface area contributed by atoms with Crippen LogP contribution in [-0.4, -0.2) is 46.5 Å². The van der Waals surface area contributed by atoms with Gasteiger partial charge in [0.2, 0.25) is 0 Å². The number of sulfone groups is 1. The molecule has 0 saturated carbocycles. The molecule has 0 aliphatic heterocycles. The second-order valence-corrected chi connectivity index (χ2v) is 12.6. The number of ketones is 1. The third-order valence-electron chi connectivity index (χ3n) is 6.43. The summed E-state index contributed by atoms with van der Waals surface area (Å²) < 4.78 is 39.4. The molecule has 9 nitrogen and oxygen atoms in total. The number of nitrogens with zero attached hydrogens (tertiary/aromatic N) is 2. The highest BCUT2D eigenvalue weighted by Gasteiger charge is 2.28. The summed E-state index contributed by atoms with van der Waals surface area (Å²) in [6, 6.07) is 11.1. The number of rotatable bonds is 10. The van der Waals surface area contributed by atoms with Crippen LogP contribution in [0.25, 0.3) is 11.3 Å². The molecule has 1 amide bonds. The van der Waals surface area contributed by atoms with Gasteiger partial charge in [0.25, 0.3) is 5.56 Å². The first kappa shape index (κ1) is 29.7. The van der Waals surface area contributed by atoms with Gasteiger partial charge in [-0.15, -0.1) is 0 Å². The van der Waals surface area contributed by atoms with E-state index in [0.717, 1.165) is 4.68 Å². The smallest absolute Gasteiger partial charge is 0.405 e. The summed E-state index contributed by atoms with van der Waals surface area (Å²) in [5.41, 5.74) is 0.673. The van der Waals surface area contributed by atoms with Crippen LogP contribution in [0.3, 0.4) is 0 Å². The summed E-state index contributed by atoms with van der Waals surface area (Å²) in [5.74, 6) is -1.64. The second-order valence-electron chi connectivity index (χ2n) is 10.2. The molecule has 0 saturated heterocycles. The average molecular weight is 558 g/mol. The van der Waals surface area contributed by atoms with Crippen molar-refractivity contribution in [3.63, 3.8) is 0 Å². The second kappa shape index (κ2) is 11.5. The van der Waals surface area contributed by atoms with Gasteiger partial charge in [0.1, 0.15) is 5.82 Å². The molecule has 2 aromatic carbocycles. The Morgan fingerprint density at radius 1 is 1.13 bits per heavy atom. The number of benzene rings is 2. The molecule has 0 aliphatic rings. The van der Waals surface area contributed by atoms with Gasteiger partial charge in [-0.25, -0.2) is 22.3 Å². The summed E-state index contributed by atoms with van der Waals surface area (Å²) in [6.07, 6.45) is -0.890. The van der Waals surface area contributed by atoms with Gasteiger partial charge in [-0.3, -0.25) is 9.59 Å². The molecule has 3 aromatic rings. The van der Waals surface area contributed by atoms with Crippen LogP contribution in [0.15, 0.2) is 53.3 Å². The van der Waals surface area contributed by atoms with Crippen molar-refractivity contribution in [1.29, 1.82) is 0 Å². The molecular formula is C28H32FN3O6S. The number of aryl methyl sites for hydroxylation is 1. The van der Waals surface area contributed by atoms with Crippen molar-refractivity contribution >= 4 is 21.7 Å². The lowest BCUT2D eigenvalue weighted by atomic mass is 9.84. The van der Waals surface area contributed by atoms with Crippen LogP contribution < -0.4 is 10.9 Å². The number of carbonyl (C=O) groups is 2. The molecule has 0 radical (unpaired) electrons. The summed E-state index contributed by atoms with van der Waals surface area (Å²) in [7, 11) is -1.94. The van der Waals surface area contributed by atoms with E-state index < -0.39 is 38.6 Å². The highest BCUT2D eigenvalue weighted by molar-refractivity contribution is 7.90. The zero-order valence-electron chi connectivity index (χ0n) is 22.5. The molecule has 39 heavy (non-hydrogen) atoms. The number of amides is 1. The maximum Gasteiger partial charge on any atom is 0.405 e. The molecule has 208 valence electrons. The minimum atomic E-state index is -3.40. The lowest BCUT2D eigenvalue weighted by Gasteiger charge is -2.29. The average Bonchev–Trinajstić information content (AvgIpc) is 2.84. The number of nitrogens with one attached hydrogen (secondary N) is 1. The van der Waals surface area contributed by atoms with Gasteiger partial charge < -0.3 is 10.4 Å². The molecule has 11 heteroatoms. The van der Waals surface area contributed by atoms with Crippen molar-refractivity contribution < 1.29 is 27.5 Å². The Kier molecular flexibility index (Phi) is 8.74. The number of carboxylic acid groups (broad SMARTS) is 1. The summed E-state index contributed by atoms with van der Waals surface area (Å²) in [5, 5.41) is 16.2. The van der Waals surface area contributed by atoms with Crippen molar-refractivity contribution in [1.82, 2.24) is 15.1 Å². The normalized spacial score (nSPS) is 12.7. The zero-order chi connectivity index (χ0) is 29.1. The fourth-order valence-corrected chi connectivity index (χ4v) is 5.43. The van der Waals surface area contributed by atoms with E-state index in [4.69, 9.17) is 0 Å². The van der Waals surface area contributed by atoms with E-state index in [1.807, 2.05) is 6.92 Å². The van der Waals surface area contributed by atoms with Crippen molar-refractivity contribution in [2.45, 2.75) is 51.3 Å². The number of aromatic nitrogens is 2. The Balaban J connectivity index is 2.25. The number of carbonyl (C=O) groups excluding carboxylic acids is 1. The predicted molar refractivity (Wildman–Crippen MR) is 146 cm³/mol. The van der Waals surface area contributed by atoms with Gasteiger partial charge in [0.05, 0.1) is 11.4 Å². The monoisotopic (exact) mass is 557 g/mol. The third-order valence-corrected chi connectivity index (χ3v) is 8.08. The fraction of sp³-hybridized carbons (Fsp3) is 0.357. The van der Waals surface area contributed by atoms with Crippen molar-refractivity contribution in [2.75, 3.05) is 5.75 Å². The summed E-state index contributed by atoms with van der Waals surface area (Å²) in [4.78, 5) is 37.5. The molecule has 1 unspecified atom stereocenters. The third kappa shape index (κ3) is 7.38. The van der Waals surface area contributed by atoms with E-state index in [1.165, 1.54) is 43.4 Å². The predicted octanol–water partition coefficient (Wildman–Crippen LogP) is 4.29. The summed E-state index contributed by atoms with van der Waals surface area (Å²) >= 11 is 0. The molecule has 0 spiro atoms. The molecule has 1 aromatic heterocycles. The quantitative estimate of drug-likeness (QED) is 0.355. The van der Waals surface area contributed by atoms with E-state index in [-0.39, 0.29) is 34.2 Å². The van der Waals surface area contributed by atoms with Crippen LogP contribution >= 0.6 is 0 Å². The Labute approximate surface area is 226 Å². The van der Waals surface area contributed by atoms with Crippen LogP contribution in [-0.2, 0) is 22.6 Å². The van der Waals surface area contributed by atoms with Gasteiger partial charge in [-0.1, -0.05) is 26.0 Å². The van der Waals surface area contributed by atoms with Crippen LogP contribution in [0.5, 0.6) is 0 Å². The van der Waals surface area contributed by atoms with Gasteiger partial charge in [0, 0.05) is 41.1 Å².